The van der Waals surface area contributed by atoms with Crippen molar-refractivity contribution in [3.63, 3.8) is 0 Å². The lowest BCUT2D eigenvalue weighted by Crippen LogP contribution is -2.28. The van der Waals surface area contributed by atoms with Gasteiger partial charge in [-0.2, -0.15) is 4.73 Å². The van der Waals surface area contributed by atoms with Crippen LogP contribution in [0.2, 0.25) is 0 Å². The van der Waals surface area contributed by atoms with Crippen molar-refractivity contribution in [3.05, 3.63) is 59.6 Å². The van der Waals surface area contributed by atoms with Gasteiger partial charge in [0.25, 0.3) is 11.7 Å². The highest BCUT2D eigenvalue weighted by atomic mass is 16.5. The second-order valence-electron chi connectivity index (χ2n) is 3.94. The number of hydrogen-bond donors (Lipinski definition) is 1. The molecule has 0 aliphatic rings. The summed E-state index contributed by atoms with van der Waals surface area (Å²) in [7, 11) is 1.42. The molecule has 0 bridgehead atoms. The van der Waals surface area contributed by atoms with Gasteiger partial charge in [0.05, 0.1) is 12.7 Å². The normalized spacial score (nSPS) is 9.85. The number of hydrogen-bond acceptors (Lipinski definition) is 4. The zero-order valence-electron chi connectivity index (χ0n) is 10.7. The number of methoxy groups -OCH3 is 1. The molecule has 0 saturated carbocycles. The molecule has 1 aromatic heterocycles. The van der Waals surface area contributed by atoms with Gasteiger partial charge in [-0.15, -0.1) is 0 Å². The molecule has 6 nitrogen and oxygen atoms in total. The third-order valence-corrected chi connectivity index (χ3v) is 2.59. The van der Waals surface area contributed by atoms with Crippen LogP contribution in [-0.4, -0.2) is 18.8 Å². The molecule has 0 atom stereocenters. The van der Waals surface area contributed by atoms with E-state index in [1.165, 1.54) is 31.5 Å². The van der Waals surface area contributed by atoms with Gasteiger partial charge in [-0.05, 0) is 18.2 Å². The summed E-state index contributed by atoms with van der Waals surface area (Å²) >= 11 is 0. The number of para-hydroxylation sites is 1. The van der Waals surface area contributed by atoms with Crippen molar-refractivity contribution in [3.8, 4) is 5.75 Å². The van der Waals surface area contributed by atoms with Crippen LogP contribution in [0.15, 0.2) is 48.8 Å². The van der Waals surface area contributed by atoms with E-state index in [1.54, 1.807) is 18.2 Å². The number of ketones is 1. The Balaban J connectivity index is 2.19. The molecule has 0 fully saturated rings. The predicted molar refractivity (Wildman–Crippen MR) is 71.4 cm³/mol. The number of ether oxygens (including phenoxy) is 1. The summed E-state index contributed by atoms with van der Waals surface area (Å²) in [5.41, 5.74) is 0.411. The number of benzene rings is 1. The Bertz CT molecular complexity index is 655. The molecule has 0 unspecified atom stereocenters. The lowest BCUT2D eigenvalue weighted by Gasteiger charge is -2.07. The van der Waals surface area contributed by atoms with E-state index in [1.807, 2.05) is 0 Å². The van der Waals surface area contributed by atoms with Crippen LogP contribution in [0.3, 0.4) is 0 Å². The zero-order valence-corrected chi connectivity index (χ0v) is 10.7. The van der Waals surface area contributed by atoms with Gasteiger partial charge in [0.1, 0.15) is 11.4 Å². The molecule has 0 saturated heterocycles. The van der Waals surface area contributed by atoms with E-state index in [-0.39, 0.29) is 11.3 Å². The summed E-state index contributed by atoms with van der Waals surface area (Å²) in [6, 6.07) is 9.41. The van der Waals surface area contributed by atoms with Crippen LogP contribution in [0, 0.1) is 5.21 Å². The van der Waals surface area contributed by atoms with Crippen molar-refractivity contribution in [1.29, 1.82) is 0 Å². The molecular weight excluding hydrogens is 260 g/mol. The third kappa shape index (κ3) is 2.92. The second-order valence-corrected chi connectivity index (χ2v) is 3.94. The Morgan fingerprint density at radius 2 is 1.95 bits per heavy atom. The second kappa shape index (κ2) is 5.83. The Kier molecular flexibility index (Phi) is 3.95. The monoisotopic (exact) mass is 272 g/mol. The van der Waals surface area contributed by atoms with Gasteiger partial charge in [-0.1, -0.05) is 12.1 Å². The maximum Gasteiger partial charge on any atom is 0.297 e. The first-order valence-electron chi connectivity index (χ1n) is 5.79. The molecule has 0 radical (unpaired) electrons. The predicted octanol–water partition coefficient (Wildman–Crippen LogP) is 1.15. The minimum atomic E-state index is -0.833. The van der Waals surface area contributed by atoms with E-state index in [0.717, 1.165) is 6.20 Å². The third-order valence-electron chi connectivity index (χ3n) is 2.59. The summed E-state index contributed by atoms with van der Waals surface area (Å²) in [6.45, 7) is 0. The highest BCUT2D eigenvalue weighted by Crippen LogP contribution is 2.18. The molecule has 1 heterocycles. The molecule has 102 valence electrons. The van der Waals surface area contributed by atoms with E-state index in [2.05, 4.69) is 5.32 Å². The molecule has 2 aromatic rings. The smallest absolute Gasteiger partial charge is 0.297 e. The minimum Gasteiger partial charge on any atom is -0.619 e. The van der Waals surface area contributed by atoms with Crippen LogP contribution in [-0.2, 0) is 4.79 Å². The molecular formula is C14H12N2O4. The maximum absolute atomic E-state index is 12.0. The Labute approximate surface area is 115 Å². The average molecular weight is 272 g/mol. The molecule has 0 spiro atoms. The fourth-order valence-electron chi connectivity index (χ4n) is 1.67. The van der Waals surface area contributed by atoms with Crippen molar-refractivity contribution in [1.82, 2.24) is 0 Å². The van der Waals surface area contributed by atoms with Gasteiger partial charge >= 0.3 is 0 Å². The molecule has 0 aliphatic heterocycles. The molecule has 2 rings (SSSR count). The topological polar surface area (TPSA) is 82.3 Å². The summed E-state index contributed by atoms with van der Waals surface area (Å²) in [4.78, 5) is 23.9. The van der Waals surface area contributed by atoms with Gasteiger partial charge < -0.3 is 15.3 Å². The van der Waals surface area contributed by atoms with E-state index in [0.29, 0.717) is 10.5 Å². The van der Waals surface area contributed by atoms with E-state index in [9.17, 15) is 14.8 Å². The number of aromatic nitrogens is 1. The highest BCUT2D eigenvalue weighted by molar-refractivity contribution is 6.47. The van der Waals surface area contributed by atoms with E-state index < -0.39 is 11.7 Å². The summed E-state index contributed by atoms with van der Waals surface area (Å²) < 4.78 is 5.56. The number of nitrogens with zero attached hydrogens (tertiary/aromatic N) is 1. The fraction of sp³-hybridized carbons (Fsp3) is 0.0714. The standard InChI is InChI=1S/C14H12N2O4/c1-20-12-7-3-2-6-11(12)13(17)14(18)15-10-5-4-8-16(19)9-10/h2-9H,1H3,(H,15,18). The number of carbonyl (C=O) groups is 2. The van der Waals surface area contributed by atoms with Crippen molar-refractivity contribution >= 4 is 17.4 Å². The molecule has 6 heteroatoms. The lowest BCUT2D eigenvalue weighted by molar-refractivity contribution is -0.604. The first-order valence-corrected chi connectivity index (χ1v) is 5.79. The maximum atomic E-state index is 12.0. The number of anilines is 1. The Hall–Kier alpha value is -2.89. The summed E-state index contributed by atoms with van der Waals surface area (Å²) in [5.74, 6) is -1.25. The van der Waals surface area contributed by atoms with E-state index >= 15 is 0 Å². The van der Waals surface area contributed by atoms with Crippen LogP contribution in [0.5, 0.6) is 5.75 Å². The van der Waals surface area contributed by atoms with Gasteiger partial charge in [0.2, 0.25) is 6.20 Å². The quantitative estimate of drug-likeness (QED) is 0.392. The van der Waals surface area contributed by atoms with Gasteiger partial charge in [-0.25, -0.2) is 0 Å². The first-order chi connectivity index (χ1) is 9.61. The number of Topliss-reactive ketones (excluding diaryl/α,β-unsaturated/α-hetero) is 1. The van der Waals surface area contributed by atoms with Crippen LogP contribution >= 0.6 is 0 Å². The molecule has 0 aliphatic carbocycles. The summed E-state index contributed by atoms with van der Waals surface area (Å²) in [5, 5.41) is 13.4. The van der Waals surface area contributed by atoms with Gasteiger partial charge in [-0.3, -0.25) is 9.59 Å². The van der Waals surface area contributed by atoms with Crippen molar-refractivity contribution in [2.24, 2.45) is 0 Å². The van der Waals surface area contributed by atoms with Crippen molar-refractivity contribution in [2.45, 2.75) is 0 Å². The molecule has 1 amide bonds. The Morgan fingerprint density at radius 1 is 1.20 bits per heavy atom. The number of carbonyl (C=O) groups excluding carboxylic acids is 2. The average Bonchev–Trinajstić information content (AvgIpc) is 2.46. The van der Waals surface area contributed by atoms with Crippen LogP contribution in [0.1, 0.15) is 10.4 Å². The largest absolute Gasteiger partial charge is 0.619 e. The summed E-state index contributed by atoms with van der Waals surface area (Å²) in [6.07, 6.45) is 2.44. The number of rotatable bonds is 4. The number of pyridine rings is 1. The van der Waals surface area contributed by atoms with Gasteiger partial charge in [0.15, 0.2) is 6.20 Å². The molecule has 1 aromatic carbocycles. The number of amides is 1. The minimum absolute atomic E-state index is 0.165. The van der Waals surface area contributed by atoms with Crippen LogP contribution in [0.25, 0.3) is 0 Å². The molecule has 1 N–H and O–H groups in total. The van der Waals surface area contributed by atoms with Crippen molar-refractivity contribution < 1.29 is 19.1 Å². The number of nitrogens with one attached hydrogen (secondary N) is 1. The SMILES string of the molecule is COc1ccccc1C(=O)C(=O)Nc1ccc[n+]([O-])c1. The fourth-order valence-corrected chi connectivity index (χ4v) is 1.67. The van der Waals surface area contributed by atoms with Crippen LogP contribution < -0.4 is 14.8 Å². The van der Waals surface area contributed by atoms with Crippen LogP contribution in [0.4, 0.5) is 5.69 Å². The Morgan fingerprint density at radius 3 is 2.65 bits per heavy atom. The zero-order chi connectivity index (χ0) is 14.5. The highest BCUT2D eigenvalue weighted by Gasteiger charge is 2.20. The van der Waals surface area contributed by atoms with E-state index in [4.69, 9.17) is 4.74 Å². The lowest BCUT2D eigenvalue weighted by atomic mass is 10.1. The first kappa shape index (κ1) is 13.5. The van der Waals surface area contributed by atoms with Crippen molar-refractivity contribution in [2.75, 3.05) is 12.4 Å². The van der Waals surface area contributed by atoms with Gasteiger partial charge in [0, 0.05) is 6.07 Å². The molecule has 20 heavy (non-hydrogen) atoms.